The molecule has 0 unspecified atom stereocenters. The predicted molar refractivity (Wildman–Crippen MR) is 90.0 cm³/mol. The fourth-order valence-electron chi connectivity index (χ4n) is 3.04. The number of pyridine rings is 1. The van der Waals surface area contributed by atoms with Gasteiger partial charge >= 0.3 is 0 Å². The molecule has 0 aromatic carbocycles. The van der Waals surface area contributed by atoms with Crippen molar-refractivity contribution in [1.29, 1.82) is 0 Å². The highest BCUT2D eigenvalue weighted by Gasteiger charge is 2.43. The Bertz CT molecular complexity index is 680. The average Bonchev–Trinajstić information content (AvgIpc) is 3.13. The lowest BCUT2D eigenvalue weighted by molar-refractivity contribution is 0.326. The second-order valence-corrected chi connectivity index (χ2v) is 8.31. The normalized spacial score (nSPS) is 27.8. The molecule has 0 saturated carbocycles. The summed E-state index contributed by atoms with van der Waals surface area (Å²) < 4.78 is 0. The van der Waals surface area contributed by atoms with Gasteiger partial charge in [-0.05, 0) is 31.2 Å². The number of thioether (sulfide) groups is 1. The van der Waals surface area contributed by atoms with Crippen LogP contribution in [0.25, 0.3) is 0 Å². The van der Waals surface area contributed by atoms with E-state index in [4.69, 9.17) is 4.99 Å². The van der Waals surface area contributed by atoms with Crippen molar-refractivity contribution in [3.05, 3.63) is 52.0 Å². The molecule has 0 radical (unpaired) electrons. The molecule has 2 aliphatic heterocycles. The van der Waals surface area contributed by atoms with Crippen LogP contribution in [0.5, 0.6) is 0 Å². The standard InChI is InChI=1S/C16H17N3S2/c1-10-6-7-13(20-10)15-14(12-5-3-4-8-17-12)18-16-19(15)9-11(2)21-16/h3-8,11,14-15H,9H2,1-2H3/t11-,14+,15-/m0/s1. The zero-order valence-corrected chi connectivity index (χ0v) is 13.7. The molecule has 3 nitrogen and oxygen atoms in total. The molecule has 0 bridgehead atoms. The monoisotopic (exact) mass is 315 g/mol. The molecule has 0 spiro atoms. The summed E-state index contributed by atoms with van der Waals surface area (Å²) in [6, 6.07) is 11.0. The Morgan fingerprint density at radius 2 is 2.14 bits per heavy atom. The van der Waals surface area contributed by atoms with Gasteiger partial charge in [-0.2, -0.15) is 0 Å². The smallest absolute Gasteiger partial charge is 0.160 e. The lowest BCUT2D eigenvalue weighted by Crippen LogP contribution is -2.27. The van der Waals surface area contributed by atoms with Gasteiger partial charge in [0.25, 0.3) is 0 Å². The van der Waals surface area contributed by atoms with E-state index >= 15 is 0 Å². The third kappa shape index (κ3) is 2.28. The lowest BCUT2D eigenvalue weighted by atomic mass is 10.0. The summed E-state index contributed by atoms with van der Waals surface area (Å²) in [5.41, 5.74) is 1.07. The van der Waals surface area contributed by atoms with Gasteiger partial charge in [0.05, 0.1) is 11.7 Å². The second-order valence-electron chi connectivity index (χ2n) is 5.59. The minimum Gasteiger partial charge on any atom is -0.340 e. The lowest BCUT2D eigenvalue weighted by Gasteiger charge is -2.25. The van der Waals surface area contributed by atoms with Crippen molar-refractivity contribution < 1.29 is 0 Å². The van der Waals surface area contributed by atoms with Gasteiger partial charge in [0, 0.05) is 27.7 Å². The van der Waals surface area contributed by atoms with E-state index in [1.807, 2.05) is 35.4 Å². The van der Waals surface area contributed by atoms with Gasteiger partial charge < -0.3 is 4.90 Å². The van der Waals surface area contributed by atoms with E-state index in [0.29, 0.717) is 11.3 Å². The van der Waals surface area contributed by atoms with Gasteiger partial charge in [0.1, 0.15) is 6.04 Å². The van der Waals surface area contributed by atoms with Crippen LogP contribution in [0.15, 0.2) is 41.5 Å². The van der Waals surface area contributed by atoms with Gasteiger partial charge in [0.15, 0.2) is 5.17 Å². The Labute approximate surface area is 133 Å². The minimum atomic E-state index is 0.124. The highest BCUT2D eigenvalue weighted by Crippen LogP contribution is 2.48. The zero-order chi connectivity index (χ0) is 14.4. The first-order valence-electron chi connectivity index (χ1n) is 7.21. The molecule has 21 heavy (non-hydrogen) atoms. The van der Waals surface area contributed by atoms with Crippen LogP contribution < -0.4 is 0 Å². The summed E-state index contributed by atoms with van der Waals surface area (Å²) in [4.78, 5) is 14.8. The maximum atomic E-state index is 4.99. The number of amidine groups is 1. The molecule has 1 fully saturated rings. The van der Waals surface area contributed by atoms with Crippen molar-refractivity contribution in [1.82, 2.24) is 9.88 Å². The largest absolute Gasteiger partial charge is 0.340 e. The molecule has 108 valence electrons. The van der Waals surface area contributed by atoms with Crippen LogP contribution in [0, 0.1) is 6.92 Å². The number of aromatic nitrogens is 1. The van der Waals surface area contributed by atoms with Crippen molar-refractivity contribution >= 4 is 28.3 Å². The van der Waals surface area contributed by atoms with E-state index in [2.05, 4.69) is 48.0 Å². The molecule has 5 heteroatoms. The molecule has 2 aliphatic rings. The van der Waals surface area contributed by atoms with Gasteiger partial charge in [-0.25, -0.2) is 0 Å². The molecule has 0 aliphatic carbocycles. The third-order valence-electron chi connectivity index (χ3n) is 3.93. The first kappa shape index (κ1) is 13.3. The number of hydrogen-bond donors (Lipinski definition) is 0. The summed E-state index contributed by atoms with van der Waals surface area (Å²) in [7, 11) is 0. The van der Waals surface area contributed by atoms with E-state index in [1.165, 1.54) is 14.9 Å². The molecule has 4 rings (SSSR count). The van der Waals surface area contributed by atoms with Crippen LogP contribution >= 0.6 is 23.1 Å². The summed E-state index contributed by atoms with van der Waals surface area (Å²) in [5.74, 6) is 0. The molecule has 0 N–H and O–H groups in total. The maximum Gasteiger partial charge on any atom is 0.160 e. The maximum absolute atomic E-state index is 4.99. The Morgan fingerprint density at radius 3 is 2.86 bits per heavy atom. The predicted octanol–water partition coefficient (Wildman–Crippen LogP) is 4.04. The van der Waals surface area contributed by atoms with Crippen LogP contribution in [0.1, 0.15) is 34.5 Å². The molecule has 2 aromatic rings. The Kier molecular flexibility index (Phi) is 3.27. The molecule has 1 saturated heterocycles. The highest BCUT2D eigenvalue weighted by molar-refractivity contribution is 8.14. The van der Waals surface area contributed by atoms with Crippen LogP contribution in [-0.2, 0) is 0 Å². The van der Waals surface area contributed by atoms with Crippen molar-refractivity contribution in [2.45, 2.75) is 31.2 Å². The molecule has 2 aromatic heterocycles. The summed E-state index contributed by atoms with van der Waals surface area (Å²) >= 11 is 3.77. The number of fused-ring (bicyclic) bond motifs is 1. The summed E-state index contributed by atoms with van der Waals surface area (Å²) in [6.45, 7) is 5.52. The van der Waals surface area contributed by atoms with Crippen LogP contribution in [0.2, 0.25) is 0 Å². The van der Waals surface area contributed by atoms with Crippen molar-refractivity contribution in [3.8, 4) is 0 Å². The molecule has 3 atom stereocenters. The van der Waals surface area contributed by atoms with Crippen molar-refractivity contribution in [2.24, 2.45) is 4.99 Å². The van der Waals surface area contributed by atoms with Gasteiger partial charge in [-0.3, -0.25) is 9.98 Å². The summed E-state index contributed by atoms with van der Waals surface area (Å²) in [6.07, 6.45) is 1.87. The Balaban J connectivity index is 1.77. The van der Waals surface area contributed by atoms with E-state index in [-0.39, 0.29) is 6.04 Å². The van der Waals surface area contributed by atoms with Crippen molar-refractivity contribution in [3.63, 3.8) is 0 Å². The number of aliphatic imine (C=N–C) groups is 1. The quantitative estimate of drug-likeness (QED) is 0.837. The van der Waals surface area contributed by atoms with Gasteiger partial charge in [0.2, 0.25) is 0 Å². The number of hydrogen-bond acceptors (Lipinski definition) is 5. The Hall–Kier alpha value is -1.33. The van der Waals surface area contributed by atoms with Crippen LogP contribution in [0.4, 0.5) is 0 Å². The number of rotatable bonds is 2. The first-order chi connectivity index (χ1) is 10.2. The van der Waals surface area contributed by atoms with E-state index in [9.17, 15) is 0 Å². The Morgan fingerprint density at radius 1 is 1.24 bits per heavy atom. The minimum absolute atomic E-state index is 0.124. The number of nitrogens with zero attached hydrogens (tertiary/aromatic N) is 3. The molecular weight excluding hydrogens is 298 g/mol. The third-order valence-corrected chi connectivity index (χ3v) is 6.11. The van der Waals surface area contributed by atoms with Crippen LogP contribution in [0.3, 0.4) is 0 Å². The highest BCUT2D eigenvalue weighted by atomic mass is 32.2. The summed E-state index contributed by atoms with van der Waals surface area (Å²) in [5, 5.41) is 1.81. The fourth-order valence-corrected chi connectivity index (χ4v) is 5.15. The fraction of sp³-hybridized carbons (Fsp3) is 0.375. The van der Waals surface area contributed by atoms with Gasteiger partial charge in [-0.1, -0.05) is 24.8 Å². The topological polar surface area (TPSA) is 28.5 Å². The zero-order valence-electron chi connectivity index (χ0n) is 12.1. The first-order valence-corrected chi connectivity index (χ1v) is 8.90. The second kappa shape index (κ2) is 5.14. The van der Waals surface area contributed by atoms with Crippen LogP contribution in [-0.4, -0.2) is 26.8 Å². The van der Waals surface area contributed by atoms with E-state index in [1.54, 1.807) is 0 Å². The number of aryl methyl sites for hydroxylation is 1. The van der Waals surface area contributed by atoms with E-state index < -0.39 is 0 Å². The average molecular weight is 315 g/mol. The van der Waals surface area contributed by atoms with E-state index in [0.717, 1.165) is 12.2 Å². The molecule has 0 amide bonds. The number of thiophene rings is 1. The molecular formula is C16H17N3S2. The van der Waals surface area contributed by atoms with Crippen molar-refractivity contribution in [2.75, 3.05) is 6.54 Å². The SMILES string of the molecule is Cc1ccc([C@H]2[C@@H](c3ccccn3)N=C3S[C@@H](C)CN32)s1. The van der Waals surface area contributed by atoms with Gasteiger partial charge in [-0.15, -0.1) is 11.3 Å². The molecule has 4 heterocycles.